The Morgan fingerprint density at radius 1 is 1.14 bits per heavy atom. The van der Waals surface area contributed by atoms with E-state index in [1.165, 1.54) is 60.5 Å². The number of likely N-dealkylation sites (N-methyl/N-ethyl adjacent to an activating group) is 1. The summed E-state index contributed by atoms with van der Waals surface area (Å²) in [6.45, 7) is 3.33. The molecule has 3 amide bonds. The summed E-state index contributed by atoms with van der Waals surface area (Å²) in [5.74, 6) is -1.20. The summed E-state index contributed by atoms with van der Waals surface area (Å²) in [5, 5.41) is 15.6. The Kier molecular flexibility index (Phi) is 9.72. The van der Waals surface area contributed by atoms with Gasteiger partial charge in [0, 0.05) is 30.2 Å². The highest BCUT2D eigenvalue weighted by Gasteiger charge is 2.36. The van der Waals surface area contributed by atoms with Gasteiger partial charge in [-0.1, -0.05) is 24.6 Å². The van der Waals surface area contributed by atoms with Crippen molar-refractivity contribution in [3.8, 4) is 5.75 Å². The van der Waals surface area contributed by atoms with E-state index in [0.29, 0.717) is 10.7 Å². The number of sulfonamides is 1. The van der Waals surface area contributed by atoms with Crippen molar-refractivity contribution in [2.24, 2.45) is 5.92 Å². The van der Waals surface area contributed by atoms with E-state index in [-0.39, 0.29) is 47.5 Å². The van der Waals surface area contributed by atoms with Crippen LogP contribution in [0.4, 0.5) is 20.6 Å². The molecule has 0 spiro atoms. The Bertz CT molecular complexity index is 1540. The highest BCUT2D eigenvalue weighted by molar-refractivity contribution is 7.89. The first-order valence-corrected chi connectivity index (χ1v) is 15.0. The van der Waals surface area contributed by atoms with Crippen LogP contribution in [-0.2, 0) is 10.0 Å². The Hall–Kier alpha value is -3.71. The zero-order valence-corrected chi connectivity index (χ0v) is 24.8. The fraction of sp³-hybridized carbons (Fsp3) is 0.310. The zero-order valence-electron chi connectivity index (χ0n) is 23.3. The van der Waals surface area contributed by atoms with Crippen LogP contribution in [-0.4, -0.2) is 73.6 Å². The van der Waals surface area contributed by atoms with Gasteiger partial charge in [0.2, 0.25) is 10.0 Å². The first kappa shape index (κ1) is 31.2. The van der Waals surface area contributed by atoms with Gasteiger partial charge in [-0.25, -0.2) is 17.6 Å². The highest BCUT2D eigenvalue weighted by Crippen LogP contribution is 2.35. The van der Waals surface area contributed by atoms with Gasteiger partial charge in [0.25, 0.3) is 5.91 Å². The zero-order chi connectivity index (χ0) is 30.6. The van der Waals surface area contributed by atoms with Crippen molar-refractivity contribution >= 4 is 44.9 Å². The molecule has 3 atom stereocenters. The molecular weight excluding hydrogens is 587 g/mol. The topological polar surface area (TPSA) is 128 Å². The number of anilines is 2. The second-order valence-electron chi connectivity index (χ2n) is 10.1. The lowest BCUT2D eigenvalue weighted by molar-refractivity contribution is 0.0389. The number of fused-ring (bicyclic) bond motifs is 1. The summed E-state index contributed by atoms with van der Waals surface area (Å²) in [6.07, 6.45) is -0.763. The van der Waals surface area contributed by atoms with E-state index in [4.69, 9.17) is 16.3 Å². The molecule has 0 saturated heterocycles. The fourth-order valence-corrected chi connectivity index (χ4v) is 5.82. The SMILES string of the molecule is CC1CN(C(C)CO)C(=O)c2cccc(NC(=O)Nc3ccc(F)cc3)c2OC1CN(C)S(=O)(=O)c1ccc(Cl)cc1. The maximum atomic E-state index is 13.7. The largest absolute Gasteiger partial charge is 0.486 e. The van der Waals surface area contributed by atoms with E-state index >= 15 is 0 Å². The number of amides is 3. The summed E-state index contributed by atoms with van der Waals surface area (Å²) >= 11 is 5.93. The van der Waals surface area contributed by atoms with E-state index in [2.05, 4.69) is 10.6 Å². The number of hydrogen-bond donors (Lipinski definition) is 3. The molecule has 0 bridgehead atoms. The number of halogens is 2. The number of benzene rings is 3. The predicted octanol–water partition coefficient (Wildman–Crippen LogP) is 4.66. The molecule has 0 fully saturated rings. The number of hydrogen-bond acceptors (Lipinski definition) is 6. The molecule has 3 unspecified atom stereocenters. The molecule has 1 heterocycles. The maximum absolute atomic E-state index is 13.7. The van der Waals surface area contributed by atoms with Crippen molar-refractivity contribution in [1.29, 1.82) is 0 Å². The smallest absolute Gasteiger partial charge is 0.323 e. The van der Waals surface area contributed by atoms with Gasteiger partial charge in [0.05, 0.1) is 35.3 Å². The molecule has 13 heteroatoms. The summed E-state index contributed by atoms with van der Waals surface area (Å²) in [7, 11) is -2.49. The molecule has 3 aromatic rings. The van der Waals surface area contributed by atoms with Gasteiger partial charge in [-0.15, -0.1) is 0 Å². The van der Waals surface area contributed by atoms with Crippen LogP contribution in [0.5, 0.6) is 5.75 Å². The molecule has 0 aliphatic carbocycles. The van der Waals surface area contributed by atoms with Crippen LogP contribution in [0.2, 0.25) is 5.02 Å². The van der Waals surface area contributed by atoms with Crippen molar-refractivity contribution < 1.29 is 32.2 Å². The highest BCUT2D eigenvalue weighted by atomic mass is 35.5. The van der Waals surface area contributed by atoms with E-state index in [9.17, 15) is 27.5 Å². The molecule has 10 nitrogen and oxygen atoms in total. The minimum Gasteiger partial charge on any atom is -0.486 e. The van der Waals surface area contributed by atoms with Gasteiger partial charge in [-0.05, 0) is 67.6 Å². The molecule has 42 heavy (non-hydrogen) atoms. The number of nitrogens with zero attached hydrogens (tertiary/aromatic N) is 2. The van der Waals surface area contributed by atoms with Crippen molar-refractivity contribution in [2.45, 2.75) is 30.9 Å². The number of aliphatic hydroxyl groups excluding tert-OH is 1. The lowest BCUT2D eigenvalue weighted by Crippen LogP contribution is -2.50. The van der Waals surface area contributed by atoms with E-state index in [1.54, 1.807) is 25.1 Å². The first-order valence-electron chi connectivity index (χ1n) is 13.2. The number of urea groups is 1. The molecular formula is C29H32ClFN4O6S. The lowest BCUT2D eigenvalue weighted by atomic mass is 9.99. The van der Waals surface area contributed by atoms with Crippen LogP contribution in [0.15, 0.2) is 71.6 Å². The molecule has 0 saturated carbocycles. The summed E-state index contributed by atoms with van der Waals surface area (Å²) in [4.78, 5) is 28.1. The van der Waals surface area contributed by atoms with Crippen molar-refractivity contribution in [3.63, 3.8) is 0 Å². The number of carbonyl (C=O) groups excluding carboxylic acids is 2. The summed E-state index contributed by atoms with van der Waals surface area (Å²) in [6, 6.07) is 14.5. The minimum atomic E-state index is -3.92. The van der Waals surface area contributed by atoms with Crippen molar-refractivity contribution in [3.05, 3.63) is 83.1 Å². The fourth-order valence-electron chi connectivity index (χ4n) is 4.52. The number of aliphatic hydroxyl groups is 1. The van der Waals surface area contributed by atoms with E-state index in [1.807, 2.05) is 6.92 Å². The number of ether oxygens (including phenoxy) is 1. The first-order chi connectivity index (χ1) is 19.9. The Labute approximate surface area is 249 Å². The molecule has 0 aromatic heterocycles. The Morgan fingerprint density at radius 2 is 1.81 bits per heavy atom. The molecule has 1 aliphatic heterocycles. The number of rotatable bonds is 8. The van der Waals surface area contributed by atoms with E-state index < -0.39 is 39.9 Å². The normalized spacial score (nSPS) is 18.0. The lowest BCUT2D eigenvalue weighted by Gasteiger charge is -2.38. The van der Waals surface area contributed by atoms with E-state index in [0.717, 1.165) is 4.31 Å². The van der Waals surface area contributed by atoms with Gasteiger partial charge in [-0.2, -0.15) is 4.31 Å². The second kappa shape index (κ2) is 13.1. The standard InChI is InChI=1S/C29H32ClFN4O6S/c1-18-15-35(19(2)17-36)28(37)24-5-4-6-25(33-29(38)32-22-11-9-21(31)10-12-22)27(24)41-26(18)16-34(3)42(39,40)23-13-7-20(30)8-14-23/h4-14,18-19,26,36H,15-17H2,1-3H3,(H2,32,33,38). The molecule has 0 radical (unpaired) electrons. The second-order valence-corrected chi connectivity index (χ2v) is 12.6. The van der Waals surface area contributed by atoms with Crippen LogP contribution in [0.25, 0.3) is 0 Å². The number of para-hydroxylation sites is 1. The quantitative estimate of drug-likeness (QED) is 0.337. The number of carbonyl (C=O) groups is 2. The minimum absolute atomic E-state index is 0.0545. The van der Waals surface area contributed by atoms with Crippen molar-refractivity contribution in [2.75, 3.05) is 37.4 Å². The third kappa shape index (κ3) is 7.01. The average molecular weight is 619 g/mol. The number of nitrogens with one attached hydrogen (secondary N) is 2. The predicted molar refractivity (Wildman–Crippen MR) is 158 cm³/mol. The van der Waals surface area contributed by atoms with Crippen LogP contribution in [0.3, 0.4) is 0 Å². The Morgan fingerprint density at radius 3 is 2.45 bits per heavy atom. The monoisotopic (exact) mass is 618 g/mol. The summed E-state index contributed by atoms with van der Waals surface area (Å²) in [5.41, 5.74) is 0.641. The third-order valence-electron chi connectivity index (χ3n) is 7.00. The van der Waals surface area contributed by atoms with Crippen LogP contribution in [0, 0.1) is 11.7 Å². The van der Waals surface area contributed by atoms with Gasteiger partial charge in [-0.3, -0.25) is 4.79 Å². The maximum Gasteiger partial charge on any atom is 0.323 e. The van der Waals surface area contributed by atoms with Gasteiger partial charge in [0.1, 0.15) is 11.9 Å². The van der Waals surface area contributed by atoms with Gasteiger partial charge in [0.15, 0.2) is 5.75 Å². The molecule has 224 valence electrons. The summed E-state index contributed by atoms with van der Waals surface area (Å²) < 4.78 is 47.5. The van der Waals surface area contributed by atoms with Gasteiger partial charge >= 0.3 is 6.03 Å². The molecule has 3 aromatic carbocycles. The van der Waals surface area contributed by atoms with Crippen molar-refractivity contribution in [1.82, 2.24) is 9.21 Å². The Balaban J connectivity index is 1.68. The molecule has 3 N–H and O–H groups in total. The third-order valence-corrected chi connectivity index (χ3v) is 9.09. The van der Waals surface area contributed by atoms with Crippen LogP contribution < -0.4 is 15.4 Å². The van der Waals surface area contributed by atoms with Crippen LogP contribution in [0.1, 0.15) is 24.2 Å². The van der Waals surface area contributed by atoms with Crippen LogP contribution >= 0.6 is 11.6 Å². The molecule has 4 rings (SSSR count). The average Bonchev–Trinajstić information content (AvgIpc) is 2.96. The molecule has 1 aliphatic rings. The van der Waals surface area contributed by atoms with Gasteiger partial charge < -0.3 is 25.4 Å².